The summed E-state index contributed by atoms with van der Waals surface area (Å²) in [7, 11) is 0. The molecule has 0 N–H and O–H groups in total. The number of rotatable bonds is 4. The minimum atomic E-state index is -1.26. The molecule has 0 saturated heterocycles. The summed E-state index contributed by atoms with van der Waals surface area (Å²) in [5.74, 6) is -2.52. The van der Waals surface area contributed by atoms with Gasteiger partial charge < -0.3 is 19.8 Å². The smallest absolute Gasteiger partial charge is 0.548 e. The van der Waals surface area contributed by atoms with Gasteiger partial charge in [0.15, 0.2) is 0 Å². The maximum atomic E-state index is 10.1. The van der Waals surface area contributed by atoms with Crippen LogP contribution in [0.5, 0.6) is 0 Å². The van der Waals surface area contributed by atoms with E-state index in [2.05, 4.69) is 9.98 Å². The monoisotopic (exact) mass is 266 g/mol. The number of carboxylic acid groups (broad SMARTS) is 2. The topological polar surface area (TPSA) is 105 Å². The SMILES string of the molecule is O=C([O-])CN=C1C=CC(=NCC(=O)[O-])C=C1.[Na+].[Na+]. The van der Waals surface area contributed by atoms with E-state index >= 15 is 0 Å². The van der Waals surface area contributed by atoms with Gasteiger partial charge in [0.25, 0.3) is 0 Å². The summed E-state index contributed by atoms with van der Waals surface area (Å²) >= 11 is 0. The molecule has 18 heavy (non-hydrogen) atoms. The summed E-state index contributed by atoms with van der Waals surface area (Å²) in [4.78, 5) is 27.7. The third-order valence-electron chi connectivity index (χ3n) is 1.63. The number of nitrogens with zero attached hydrogens (tertiary/aromatic N) is 2. The predicted octanol–water partition coefficient (Wildman–Crippen LogP) is -8.50. The van der Waals surface area contributed by atoms with E-state index in [0.717, 1.165) is 0 Å². The Morgan fingerprint density at radius 3 is 1.33 bits per heavy atom. The van der Waals surface area contributed by atoms with E-state index in [9.17, 15) is 19.8 Å². The second-order valence-electron chi connectivity index (χ2n) is 2.89. The molecular weight excluding hydrogens is 258 g/mol. The average Bonchev–Trinajstić information content (AvgIpc) is 2.25. The fraction of sp³-hybridized carbons (Fsp3) is 0.200. The van der Waals surface area contributed by atoms with Crippen molar-refractivity contribution in [3.05, 3.63) is 24.3 Å². The Labute approximate surface area is 148 Å². The average molecular weight is 266 g/mol. The first kappa shape index (κ1) is 20.1. The molecule has 0 atom stereocenters. The Bertz CT molecular complexity index is 372. The Morgan fingerprint density at radius 1 is 0.833 bits per heavy atom. The number of carboxylic acids is 2. The van der Waals surface area contributed by atoms with E-state index in [4.69, 9.17) is 0 Å². The zero-order chi connectivity index (χ0) is 12.0. The molecular formula is C10H8N2Na2O4. The van der Waals surface area contributed by atoms with Crippen LogP contribution in [-0.4, -0.2) is 36.5 Å². The summed E-state index contributed by atoms with van der Waals surface area (Å²) in [6, 6.07) is 0. The molecule has 0 amide bonds. The summed E-state index contributed by atoms with van der Waals surface area (Å²) in [6.45, 7) is -0.814. The quantitative estimate of drug-likeness (QED) is 0.372. The molecule has 1 aliphatic rings. The molecule has 0 radical (unpaired) electrons. The van der Waals surface area contributed by atoms with Crippen molar-refractivity contribution >= 4 is 23.4 Å². The molecule has 0 saturated carbocycles. The van der Waals surface area contributed by atoms with Crippen molar-refractivity contribution in [2.24, 2.45) is 9.98 Å². The Kier molecular flexibility index (Phi) is 11.9. The largest absolute Gasteiger partial charge is 1.00 e. The van der Waals surface area contributed by atoms with Gasteiger partial charge in [-0.2, -0.15) is 0 Å². The number of aliphatic imine (C=N–C) groups is 2. The van der Waals surface area contributed by atoms with Crippen LogP contribution in [0.15, 0.2) is 34.3 Å². The Balaban J connectivity index is 0. The van der Waals surface area contributed by atoms with Gasteiger partial charge >= 0.3 is 59.1 Å². The van der Waals surface area contributed by atoms with Crippen molar-refractivity contribution in [3.63, 3.8) is 0 Å². The number of allylic oxidation sites excluding steroid dienone is 4. The van der Waals surface area contributed by atoms with E-state index in [1.54, 1.807) is 0 Å². The second kappa shape index (κ2) is 10.7. The third kappa shape index (κ3) is 8.79. The van der Waals surface area contributed by atoms with Crippen LogP contribution >= 0.6 is 0 Å². The van der Waals surface area contributed by atoms with Crippen molar-refractivity contribution in [1.29, 1.82) is 0 Å². The fourth-order valence-electron chi connectivity index (χ4n) is 0.975. The standard InChI is InChI=1S/C10H10N2O4.2Na/c13-9(14)5-11-7-1-2-8(4-3-7)12-6-10(15)16;;/h1-4H,5-6H2,(H,13,14)(H,15,16);;/q;2*+1/p-2. The van der Waals surface area contributed by atoms with Gasteiger partial charge in [-0.25, -0.2) is 0 Å². The van der Waals surface area contributed by atoms with Gasteiger partial charge in [-0.15, -0.1) is 0 Å². The van der Waals surface area contributed by atoms with Crippen LogP contribution in [0.1, 0.15) is 0 Å². The van der Waals surface area contributed by atoms with Crippen molar-refractivity contribution in [2.75, 3.05) is 13.1 Å². The number of hydrogen-bond donors (Lipinski definition) is 0. The molecule has 0 aromatic carbocycles. The molecule has 1 rings (SSSR count). The maximum Gasteiger partial charge on any atom is 1.00 e. The van der Waals surface area contributed by atoms with Crippen LogP contribution in [0, 0.1) is 0 Å². The van der Waals surface area contributed by atoms with E-state index in [1.165, 1.54) is 24.3 Å². The van der Waals surface area contributed by atoms with Crippen LogP contribution in [0.2, 0.25) is 0 Å². The van der Waals surface area contributed by atoms with Crippen molar-refractivity contribution in [3.8, 4) is 0 Å². The van der Waals surface area contributed by atoms with E-state index in [-0.39, 0.29) is 59.1 Å². The molecule has 84 valence electrons. The molecule has 0 aromatic rings. The molecule has 0 aromatic heterocycles. The predicted molar refractivity (Wildman–Crippen MR) is 52.9 cm³/mol. The summed E-state index contributed by atoms with van der Waals surface area (Å²) < 4.78 is 0. The molecule has 8 heteroatoms. The van der Waals surface area contributed by atoms with Crippen molar-refractivity contribution in [2.45, 2.75) is 0 Å². The van der Waals surface area contributed by atoms with Gasteiger partial charge in [0, 0.05) is 0 Å². The first-order valence-corrected chi connectivity index (χ1v) is 4.42. The molecule has 1 aliphatic carbocycles. The van der Waals surface area contributed by atoms with E-state index in [1.807, 2.05) is 0 Å². The van der Waals surface area contributed by atoms with Crippen LogP contribution in [0.3, 0.4) is 0 Å². The normalized spacial score (nSPS) is 12.2. The number of aliphatic carboxylic acids is 2. The molecule has 6 nitrogen and oxygen atoms in total. The first-order valence-electron chi connectivity index (χ1n) is 4.42. The van der Waals surface area contributed by atoms with Gasteiger partial charge in [-0.05, 0) is 24.3 Å². The van der Waals surface area contributed by atoms with Crippen molar-refractivity contribution in [1.82, 2.24) is 0 Å². The van der Waals surface area contributed by atoms with Gasteiger partial charge in [0.2, 0.25) is 0 Å². The zero-order valence-corrected chi connectivity index (χ0v) is 14.3. The molecule has 0 unspecified atom stereocenters. The molecule has 0 spiro atoms. The van der Waals surface area contributed by atoms with Gasteiger partial charge in [-0.1, -0.05) is 0 Å². The number of carbonyl (C=O) groups excluding carboxylic acids is 2. The minimum Gasteiger partial charge on any atom is -0.548 e. The van der Waals surface area contributed by atoms with E-state index < -0.39 is 25.0 Å². The second-order valence-corrected chi connectivity index (χ2v) is 2.89. The van der Waals surface area contributed by atoms with Crippen LogP contribution in [-0.2, 0) is 9.59 Å². The summed E-state index contributed by atoms with van der Waals surface area (Å²) in [5.41, 5.74) is 0.938. The number of carbonyl (C=O) groups is 2. The van der Waals surface area contributed by atoms with Gasteiger partial charge in [0.1, 0.15) is 0 Å². The Morgan fingerprint density at radius 2 is 1.11 bits per heavy atom. The third-order valence-corrected chi connectivity index (χ3v) is 1.63. The van der Waals surface area contributed by atoms with Crippen molar-refractivity contribution < 1.29 is 78.9 Å². The minimum absolute atomic E-state index is 0. The molecule has 0 fully saturated rings. The number of hydrogen-bond acceptors (Lipinski definition) is 6. The van der Waals surface area contributed by atoms with Gasteiger partial charge in [0.05, 0.1) is 36.5 Å². The summed E-state index contributed by atoms with van der Waals surface area (Å²) in [5, 5.41) is 20.2. The van der Waals surface area contributed by atoms with Gasteiger partial charge in [-0.3, -0.25) is 9.98 Å². The van der Waals surface area contributed by atoms with Crippen LogP contribution in [0.4, 0.5) is 0 Å². The summed E-state index contributed by atoms with van der Waals surface area (Å²) in [6.07, 6.45) is 6.15. The molecule has 0 heterocycles. The maximum absolute atomic E-state index is 10.1. The molecule has 0 bridgehead atoms. The Hall–Kier alpha value is -0.240. The van der Waals surface area contributed by atoms with E-state index in [0.29, 0.717) is 11.4 Å². The van der Waals surface area contributed by atoms with Crippen LogP contribution in [0.25, 0.3) is 0 Å². The van der Waals surface area contributed by atoms with Crippen LogP contribution < -0.4 is 69.3 Å². The zero-order valence-electron chi connectivity index (χ0n) is 10.3. The first-order chi connectivity index (χ1) is 7.58. The fourth-order valence-corrected chi connectivity index (χ4v) is 0.975. The molecule has 0 aliphatic heterocycles.